The first-order valence-corrected chi connectivity index (χ1v) is 15.2. The maximum Gasteiger partial charge on any atom is 0.247 e. The smallest absolute Gasteiger partial charge is 0.247 e. The van der Waals surface area contributed by atoms with E-state index in [9.17, 15) is 30.3 Å². The summed E-state index contributed by atoms with van der Waals surface area (Å²) in [6, 6.07) is 8.32. The van der Waals surface area contributed by atoms with Crippen LogP contribution in [0.1, 0.15) is 19.4 Å². The predicted octanol–water partition coefficient (Wildman–Crippen LogP) is 1.15. The molecule has 2 heterocycles. The Balaban J connectivity index is 1.18. The average Bonchev–Trinajstić information content (AvgIpc) is 3.62. The minimum atomic E-state index is -1.48. The van der Waals surface area contributed by atoms with Gasteiger partial charge in [-0.1, -0.05) is 29.3 Å². The van der Waals surface area contributed by atoms with E-state index in [0.29, 0.717) is 26.9 Å². The van der Waals surface area contributed by atoms with Crippen LogP contribution in [-0.4, -0.2) is 106 Å². The van der Waals surface area contributed by atoms with Crippen molar-refractivity contribution in [2.75, 3.05) is 19.1 Å². The van der Waals surface area contributed by atoms with Crippen LogP contribution >= 0.6 is 23.2 Å². The number of carbonyl (C=O) groups excluding carboxylic acids is 1. The summed E-state index contributed by atoms with van der Waals surface area (Å²) in [5.74, 6) is 0.0107. The molecule has 3 aliphatic rings. The molecule has 5 rings (SSSR count). The molecule has 2 saturated heterocycles. The lowest BCUT2D eigenvalue weighted by Crippen LogP contribution is -2.67. The van der Waals surface area contributed by atoms with Gasteiger partial charge in [-0.15, -0.1) is 0 Å². The number of aliphatic hydroxyl groups excluding tert-OH is 5. The van der Waals surface area contributed by atoms with Crippen molar-refractivity contribution in [1.82, 2.24) is 5.32 Å². The Morgan fingerprint density at radius 3 is 2.35 bits per heavy atom. The van der Waals surface area contributed by atoms with Gasteiger partial charge in [-0.05, 0) is 67.5 Å². The van der Waals surface area contributed by atoms with E-state index >= 15 is 0 Å². The van der Waals surface area contributed by atoms with E-state index in [1.54, 1.807) is 37.3 Å². The average molecular weight is 684 g/mol. The van der Waals surface area contributed by atoms with Gasteiger partial charge < -0.3 is 60.3 Å². The lowest BCUT2D eigenvalue weighted by Gasteiger charge is -2.41. The largest absolute Gasteiger partial charge is 0.488 e. The molecule has 2 aliphatic heterocycles. The number of anilines is 1. The number of fused-ring (bicyclic) bond motifs is 1. The lowest BCUT2D eigenvalue weighted by atomic mass is 9.83. The van der Waals surface area contributed by atoms with Crippen LogP contribution < -0.4 is 20.5 Å². The molecule has 46 heavy (non-hydrogen) atoms. The third kappa shape index (κ3) is 7.29. The quantitative estimate of drug-likeness (QED) is 0.113. The zero-order valence-electron chi connectivity index (χ0n) is 24.8. The molecule has 0 aromatic heterocycles. The highest BCUT2D eigenvalue weighted by Gasteiger charge is 2.53. The van der Waals surface area contributed by atoms with E-state index in [1.807, 2.05) is 0 Å². The van der Waals surface area contributed by atoms with Gasteiger partial charge in [0.25, 0.3) is 0 Å². The van der Waals surface area contributed by atoms with E-state index in [2.05, 4.69) is 5.32 Å². The van der Waals surface area contributed by atoms with Gasteiger partial charge in [0.15, 0.2) is 0 Å². The Morgan fingerprint density at radius 1 is 0.957 bits per heavy atom. The molecule has 13 nitrogen and oxygen atoms in total. The van der Waals surface area contributed by atoms with Gasteiger partial charge in [-0.2, -0.15) is 0 Å². The van der Waals surface area contributed by atoms with Crippen molar-refractivity contribution < 1.29 is 54.0 Å². The number of nitrogens with one attached hydrogen (secondary N) is 1. The molecule has 3 fully saturated rings. The monoisotopic (exact) mass is 682 g/mol. The summed E-state index contributed by atoms with van der Waals surface area (Å²) in [5, 5.41) is 56.0. The number of hydrogen-bond acceptors (Lipinski definition) is 12. The summed E-state index contributed by atoms with van der Waals surface area (Å²) in [6.45, 7) is 3.23. The zero-order chi connectivity index (χ0) is 33.3. The van der Waals surface area contributed by atoms with Crippen molar-refractivity contribution in [3.63, 3.8) is 0 Å². The van der Waals surface area contributed by atoms with Crippen molar-refractivity contribution in [3.05, 3.63) is 69.2 Å². The summed E-state index contributed by atoms with van der Waals surface area (Å²) in [4.78, 5) is 12.9. The predicted molar refractivity (Wildman–Crippen MR) is 166 cm³/mol. The van der Waals surface area contributed by atoms with Crippen LogP contribution in [0.2, 0.25) is 10.0 Å². The minimum absolute atomic E-state index is 0.120. The van der Waals surface area contributed by atoms with Crippen LogP contribution in [0.5, 0.6) is 11.5 Å². The van der Waals surface area contributed by atoms with Crippen LogP contribution in [0.3, 0.4) is 0 Å². The standard InChI is InChI=1S/C31H36Cl2N2O11/c1-13(7-8-42-19-6-4-16(32)11-17(19)33)27-25(39)26(40)31(46-27)45-20-5-3-15(10-18(20)34)9-14(2)30(41)35-21-22(36)24(38)29-28(23(21)37)43-12-44-29/h3-7,9-11,21-29,31,36-40H,8,12,34H2,1-2H3,(H,35,41)/t21-,22+,23-,24-,25+,26+,27-,28+,29-,31-/m1/s1. The highest BCUT2D eigenvalue weighted by molar-refractivity contribution is 6.35. The first-order valence-electron chi connectivity index (χ1n) is 14.4. The molecular formula is C31H36Cl2N2O11. The van der Waals surface area contributed by atoms with Gasteiger partial charge in [0.1, 0.15) is 73.7 Å². The molecule has 250 valence electrons. The van der Waals surface area contributed by atoms with E-state index in [4.69, 9.17) is 52.6 Å². The summed E-state index contributed by atoms with van der Waals surface area (Å²) in [5.41, 5.74) is 7.71. The first kappa shape index (κ1) is 34.4. The summed E-state index contributed by atoms with van der Waals surface area (Å²) in [7, 11) is 0. The SMILES string of the molecule is CC(=Cc1ccc(O[C@@H]2O[C@H](C(C)=CCOc3ccc(Cl)cc3Cl)[C@@H](O)[C@@H]2O)c(N)c1)C(=O)N[C@@H]1[C@H](O)[C@@H](O)[C@H]2OCO[C@H]2[C@@H]1O. The van der Waals surface area contributed by atoms with Crippen LogP contribution in [0, 0.1) is 0 Å². The summed E-state index contributed by atoms with van der Waals surface area (Å²) in [6.07, 6.45) is -7.50. The number of ether oxygens (including phenoxy) is 5. The topological polar surface area (TPSA) is 202 Å². The molecule has 0 bridgehead atoms. The highest BCUT2D eigenvalue weighted by Crippen LogP contribution is 2.33. The molecule has 0 radical (unpaired) electrons. The number of carbonyl (C=O) groups is 1. The van der Waals surface area contributed by atoms with E-state index in [-0.39, 0.29) is 30.4 Å². The van der Waals surface area contributed by atoms with Gasteiger partial charge in [-0.3, -0.25) is 4.79 Å². The Kier molecular flexibility index (Phi) is 10.8. The third-order valence-electron chi connectivity index (χ3n) is 8.13. The molecule has 1 aliphatic carbocycles. The Hall–Kier alpha value is -2.95. The van der Waals surface area contributed by atoms with Gasteiger partial charge in [0.05, 0.1) is 16.8 Å². The van der Waals surface area contributed by atoms with Crippen LogP contribution in [0.4, 0.5) is 5.69 Å². The second-order valence-electron chi connectivity index (χ2n) is 11.3. The molecular weight excluding hydrogens is 647 g/mol. The number of rotatable bonds is 9. The fourth-order valence-corrected chi connectivity index (χ4v) is 5.98. The number of aliphatic hydroxyl groups is 5. The number of nitrogens with two attached hydrogens (primary N) is 1. The van der Waals surface area contributed by atoms with Gasteiger partial charge in [-0.25, -0.2) is 0 Å². The fraction of sp³-hybridized carbons (Fsp3) is 0.452. The minimum Gasteiger partial charge on any atom is -0.488 e. The molecule has 15 heteroatoms. The van der Waals surface area contributed by atoms with Crippen molar-refractivity contribution in [2.45, 2.75) is 75.0 Å². The fourth-order valence-electron chi connectivity index (χ4n) is 5.52. The number of benzene rings is 2. The molecule has 2 aromatic rings. The van der Waals surface area contributed by atoms with Gasteiger partial charge in [0, 0.05) is 10.6 Å². The highest BCUT2D eigenvalue weighted by atomic mass is 35.5. The number of amides is 1. The van der Waals surface area contributed by atoms with Crippen molar-refractivity contribution in [1.29, 1.82) is 0 Å². The Bertz CT molecular complexity index is 1490. The molecule has 1 amide bonds. The number of nitrogen functional groups attached to an aromatic ring is 1. The molecule has 2 aromatic carbocycles. The van der Waals surface area contributed by atoms with Gasteiger partial charge in [0.2, 0.25) is 12.2 Å². The summed E-state index contributed by atoms with van der Waals surface area (Å²) >= 11 is 12.0. The molecule has 0 spiro atoms. The zero-order valence-corrected chi connectivity index (χ0v) is 26.3. The van der Waals surface area contributed by atoms with E-state index < -0.39 is 67.1 Å². The first-order chi connectivity index (χ1) is 21.8. The van der Waals surface area contributed by atoms with Crippen LogP contribution in [-0.2, 0) is 19.0 Å². The molecule has 8 N–H and O–H groups in total. The molecule has 10 atom stereocenters. The van der Waals surface area contributed by atoms with Gasteiger partial charge >= 0.3 is 0 Å². The number of halogens is 2. The van der Waals surface area contributed by atoms with Crippen LogP contribution in [0.25, 0.3) is 6.08 Å². The van der Waals surface area contributed by atoms with E-state index in [1.165, 1.54) is 25.1 Å². The van der Waals surface area contributed by atoms with E-state index in [0.717, 1.165) is 0 Å². The maximum atomic E-state index is 12.9. The Labute approximate surface area is 274 Å². The van der Waals surface area contributed by atoms with Crippen molar-refractivity contribution >= 4 is 40.9 Å². The second kappa shape index (κ2) is 14.4. The Morgan fingerprint density at radius 2 is 1.65 bits per heavy atom. The normalized spacial score (nSPS) is 33.1. The van der Waals surface area contributed by atoms with Crippen molar-refractivity contribution in [2.24, 2.45) is 0 Å². The summed E-state index contributed by atoms with van der Waals surface area (Å²) < 4.78 is 27.8. The maximum absolute atomic E-state index is 12.9. The van der Waals surface area contributed by atoms with Crippen molar-refractivity contribution in [3.8, 4) is 11.5 Å². The second-order valence-corrected chi connectivity index (χ2v) is 12.2. The molecule has 1 saturated carbocycles. The molecule has 0 unspecified atom stereocenters. The number of hydrogen-bond donors (Lipinski definition) is 7. The third-order valence-corrected chi connectivity index (χ3v) is 8.66. The lowest BCUT2D eigenvalue weighted by molar-refractivity contribution is -0.155. The van der Waals surface area contributed by atoms with Crippen LogP contribution in [0.15, 0.2) is 53.6 Å².